The Hall–Kier alpha value is -2.06. The lowest BCUT2D eigenvalue weighted by atomic mass is 10.1. The Balaban J connectivity index is 1.32. The number of nitrogens with zero attached hydrogens (tertiary/aromatic N) is 3. The minimum atomic E-state index is -1.05. The second-order valence-electron chi connectivity index (χ2n) is 7.91. The van der Waals surface area contributed by atoms with Crippen molar-refractivity contribution in [3.8, 4) is 0 Å². The van der Waals surface area contributed by atoms with Crippen molar-refractivity contribution in [1.82, 2.24) is 14.7 Å². The Morgan fingerprint density at radius 2 is 1.70 bits per heavy atom. The maximum Gasteiger partial charge on any atom is 0.254 e. The summed E-state index contributed by atoms with van der Waals surface area (Å²) >= 11 is 5.94. The quantitative estimate of drug-likeness (QED) is 0.802. The fraction of sp³-hybridized carbons (Fsp3) is 0.409. The normalized spacial score (nSPS) is 23.1. The summed E-state index contributed by atoms with van der Waals surface area (Å²) in [6.45, 7) is 4.72. The average Bonchev–Trinajstić information content (AvgIpc) is 3.13. The molecule has 2 aliphatic rings. The van der Waals surface area contributed by atoms with E-state index in [1.807, 2.05) is 24.3 Å². The van der Waals surface area contributed by atoms with Crippen molar-refractivity contribution in [3.63, 3.8) is 0 Å². The molecule has 0 saturated carbocycles. The van der Waals surface area contributed by atoms with Crippen LogP contribution in [0.15, 0.2) is 42.5 Å². The number of aliphatic hydroxyl groups is 1. The summed E-state index contributed by atoms with van der Waals surface area (Å²) in [5, 5.41) is 11.3. The molecule has 2 atom stereocenters. The first-order valence-corrected chi connectivity index (χ1v) is 10.4. The second kappa shape index (κ2) is 8.98. The van der Waals surface area contributed by atoms with Gasteiger partial charge in [-0.15, -0.1) is 0 Å². The van der Waals surface area contributed by atoms with Crippen molar-refractivity contribution in [2.24, 2.45) is 0 Å². The molecule has 8 heteroatoms. The molecule has 2 saturated heterocycles. The monoisotopic (exact) mass is 435 g/mol. The zero-order chi connectivity index (χ0) is 21.3. The van der Waals surface area contributed by atoms with Gasteiger partial charge in [0.05, 0.1) is 12.1 Å². The van der Waals surface area contributed by atoms with Crippen LogP contribution >= 0.6 is 11.6 Å². The Kier molecular flexibility index (Phi) is 6.34. The Labute approximate surface area is 179 Å². The van der Waals surface area contributed by atoms with Gasteiger partial charge in [-0.25, -0.2) is 8.78 Å². The van der Waals surface area contributed by atoms with Crippen molar-refractivity contribution in [2.45, 2.75) is 18.7 Å². The molecule has 160 valence electrons. The molecule has 2 aliphatic heterocycles. The van der Waals surface area contributed by atoms with Crippen LogP contribution in [-0.4, -0.2) is 77.1 Å². The van der Waals surface area contributed by atoms with Crippen molar-refractivity contribution in [2.75, 3.05) is 39.3 Å². The third kappa shape index (κ3) is 4.64. The van der Waals surface area contributed by atoms with Crippen molar-refractivity contribution in [1.29, 1.82) is 0 Å². The van der Waals surface area contributed by atoms with Gasteiger partial charge in [-0.2, -0.15) is 0 Å². The highest BCUT2D eigenvalue weighted by Crippen LogP contribution is 2.22. The minimum absolute atomic E-state index is 0.0922. The van der Waals surface area contributed by atoms with Crippen LogP contribution < -0.4 is 0 Å². The Bertz CT molecular complexity index is 904. The highest BCUT2D eigenvalue weighted by molar-refractivity contribution is 6.30. The summed E-state index contributed by atoms with van der Waals surface area (Å²) in [4.78, 5) is 18.7. The molecular weight excluding hydrogens is 412 g/mol. The van der Waals surface area contributed by atoms with Crippen LogP contribution in [0.2, 0.25) is 5.02 Å². The number of β-amino-alcohol motifs (C(OH)–C–C–N with tert-alkyl or cyclic N) is 1. The molecule has 4 rings (SSSR count). The topological polar surface area (TPSA) is 47.0 Å². The molecular formula is C22H24ClF2N3O2. The maximum absolute atomic E-state index is 13.5. The minimum Gasteiger partial charge on any atom is -0.390 e. The highest BCUT2D eigenvalue weighted by Gasteiger charge is 2.39. The molecule has 0 radical (unpaired) electrons. The lowest BCUT2D eigenvalue weighted by Crippen LogP contribution is -2.53. The smallest absolute Gasteiger partial charge is 0.254 e. The van der Waals surface area contributed by atoms with E-state index in [4.69, 9.17) is 11.6 Å². The van der Waals surface area contributed by atoms with Crippen LogP contribution in [0.25, 0.3) is 0 Å². The van der Waals surface area contributed by atoms with E-state index in [9.17, 15) is 18.7 Å². The molecule has 2 aromatic carbocycles. The van der Waals surface area contributed by atoms with Crippen molar-refractivity contribution in [3.05, 3.63) is 70.2 Å². The van der Waals surface area contributed by atoms with Gasteiger partial charge in [-0.05, 0) is 35.9 Å². The first kappa shape index (κ1) is 21.2. The van der Waals surface area contributed by atoms with Gasteiger partial charge in [0.15, 0.2) is 11.6 Å². The van der Waals surface area contributed by atoms with E-state index in [-0.39, 0.29) is 18.2 Å². The molecule has 0 bridgehead atoms. The van der Waals surface area contributed by atoms with Crippen LogP contribution in [0.3, 0.4) is 0 Å². The number of benzene rings is 2. The summed E-state index contributed by atoms with van der Waals surface area (Å²) in [5.74, 6) is -2.42. The van der Waals surface area contributed by atoms with E-state index in [1.54, 1.807) is 0 Å². The number of hydrogen-bond acceptors (Lipinski definition) is 4. The zero-order valence-electron chi connectivity index (χ0n) is 16.5. The fourth-order valence-electron chi connectivity index (χ4n) is 4.21. The number of aliphatic hydroxyl groups excluding tert-OH is 1. The molecule has 0 aliphatic carbocycles. The van der Waals surface area contributed by atoms with Crippen molar-refractivity contribution >= 4 is 17.5 Å². The number of likely N-dealkylation sites (tertiary alicyclic amines) is 1. The number of rotatable bonds is 4. The van der Waals surface area contributed by atoms with Gasteiger partial charge in [0.25, 0.3) is 5.91 Å². The largest absolute Gasteiger partial charge is 0.390 e. The number of halogens is 3. The lowest BCUT2D eigenvalue weighted by molar-refractivity contribution is 0.0423. The van der Waals surface area contributed by atoms with Crippen molar-refractivity contribution < 1.29 is 18.7 Å². The van der Waals surface area contributed by atoms with E-state index in [0.717, 1.165) is 49.9 Å². The number of hydrogen-bond donors (Lipinski definition) is 1. The van der Waals surface area contributed by atoms with E-state index >= 15 is 0 Å². The van der Waals surface area contributed by atoms with E-state index in [1.165, 1.54) is 16.5 Å². The first-order valence-electron chi connectivity index (χ1n) is 10.0. The van der Waals surface area contributed by atoms with Gasteiger partial charge in [0, 0.05) is 56.4 Å². The molecule has 2 fully saturated rings. The van der Waals surface area contributed by atoms with Gasteiger partial charge in [-0.3, -0.25) is 14.6 Å². The third-order valence-electron chi connectivity index (χ3n) is 5.91. The molecule has 0 spiro atoms. The van der Waals surface area contributed by atoms with Crippen LogP contribution in [0, 0.1) is 11.6 Å². The number of piperazine rings is 1. The van der Waals surface area contributed by atoms with Crippen LogP contribution in [0.1, 0.15) is 15.9 Å². The third-order valence-corrected chi connectivity index (χ3v) is 6.16. The summed E-state index contributed by atoms with van der Waals surface area (Å²) in [6.07, 6.45) is -0.665. The molecule has 30 heavy (non-hydrogen) atoms. The lowest BCUT2D eigenvalue weighted by Gasteiger charge is -2.38. The van der Waals surface area contributed by atoms with E-state index < -0.39 is 23.6 Å². The van der Waals surface area contributed by atoms with Gasteiger partial charge in [-0.1, -0.05) is 23.7 Å². The Morgan fingerprint density at radius 1 is 1.00 bits per heavy atom. The van der Waals surface area contributed by atoms with Gasteiger partial charge in [0.2, 0.25) is 0 Å². The molecule has 1 amide bonds. The molecule has 0 unspecified atom stereocenters. The van der Waals surface area contributed by atoms with Gasteiger partial charge < -0.3 is 10.0 Å². The van der Waals surface area contributed by atoms with Crippen LogP contribution in [0.4, 0.5) is 8.78 Å². The Morgan fingerprint density at radius 3 is 2.37 bits per heavy atom. The first-order chi connectivity index (χ1) is 14.4. The molecule has 2 aromatic rings. The van der Waals surface area contributed by atoms with Crippen LogP contribution in [0.5, 0.6) is 0 Å². The predicted molar refractivity (Wildman–Crippen MR) is 110 cm³/mol. The standard InChI is InChI=1S/C22H24ClF2N3O2/c23-17-4-1-15(2-5-17)12-26-7-9-27(10-8-26)20-13-28(14-21(20)29)22(30)16-3-6-18(24)19(25)11-16/h1-6,11,20-21,29H,7-10,12-14H2/t20-,21-/m1/s1. The molecule has 0 aromatic heterocycles. The second-order valence-corrected chi connectivity index (χ2v) is 8.35. The molecule has 5 nitrogen and oxygen atoms in total. The van der Waals surface area contributed by atoms with Gasteiger partial charge in [0.1, 0.15) is 0 Å². The SMILES string of the molecule is O=C(c1ccc(F)c(F)c1)N1C[C@@H](O)[C@H](N2CCN(Cc3ccc(Cl)cc3)CC2)C1. The number of amides is 1. The summed E-state index contributed by atoms with van der Waals surface area (Å²) in [5.41, 5.74) is 1.30. The van der Waals surface area contributed by atoms with E-state index in [2.05, 4.69) is 9.80 Å². The summed E-state index contributed by atoms with van der Waals surface area (Å²) in [7, 11) is 0. The van der Waals surface area contributed by atoms with E-state index in [0.29, 0.717) is 6.54 Å². The maximum atomic E-state index is 13.5. The highest BCUT2D eigenvalue weighted by atomic mass is 35.5. The zero-order valence-corrected chi connectivity index (χ0v) is 17.2. The van der Waals surface area contributed by atoms with Crippen LogP contribution in [-0.2, 0) is 6.54 Å². The predicted octanol–water partition coefficient (Wildman–Crippen LogP) is 2.62. The number of carbonyl (C=O) groups excluding carboxylic acids is 1. The number of carbonyl (C=O) groups is 1. The summed E-state index contributed by atoms with van der Waals surface area (Å²) < 4.78 is 26.6. The van der Waals surface area contributed by atoms with Gasteiger partial charge >= 0.3 is 0 Å². The fourth-order valence-corrected chi connectivity index (χ4v) is 4.33. The molecule has 1 N–H and O–H groups in total. The average molecular weight is 436 g/mol. The summed E-state index contributed by atoms with van der Waals surface area (Å²) in [6, 6.07) is 10.8. The molecule has 2 heterocycles.